The Morgan fingerprint density at radius 3 is 2.45 bits per heavy atom. The van der Waals surface area contributed by atoms with Gasteiger partial charge in [-0.15, -0.1) is 12.4 Å². The summed E-state index contributed by atoms with van der Waals surface area (Å²) in [4.78, 5) is 11.3. The Morgan fingerprint density at radius 2 is 1.70 bits per heavy atom. The average Bonchev–Trinajstić information content (AvgIpc) is 2.84. The molecular formula is C26H26Cl2N4O. The molecular weight excluding hydrogens is 455 g/mol. The first-order chi connectivity index (χ1) is 15.7. The highest BCUT2D eigenvalue weighted by molar-refractivity contribution is 6.30. The first-order valence-corrected chi connectivity index (χ1v) is 11.3. The van der Waals surface area contributed by atoms with E-state index in [-0.39, 0.29) is 18.5 Å². The summed E-state index contributed by atoms with van der Waals surface area (Å²) < 4.78 is 6.15. The first-order valence-electron chi connectivity index (χ1n) is 10.9. The number of nitrogens with one attached hydrogen (secondary N) is 1. The van der Waals surface area contributed by atoms with Gasteiger partial charge in [0.05, 0.1) is 5.52 Å². The van der Waals surface area contributed by atoms with E-state index in [0.717, 1.165) is 48.0 Å². The van der Waals surface area contributed by atoms with Crippen molar-refractivity contribution in [2.75, 3.05) is 23.3 Å². The van der Waals surface area contributed by atoms with E-state index < -0.39 is 0 Å². The molecule has 0 atom stereocenters. The number of hydrogen-bond acceptors (Lipinski definition) is 5. The fourth-order valence-electron chi connectivity index (χ4n) is 4.13. The molecule has 170 valence electrons. The highest BCUT2D eigenvalue weighted by Crippen LogP contribution is 2.31. The van der Waals surface area contributed by atoms with Gasteiger partial charge in [-0.1, -0.05) is 41.9 Å². The Hall–Kier alpha value is -3.02. The zero-order valence-corrected chi connectivity index (χ0v) is 19.7. The van der Waals surface area contributed by atoms with E-state index in [9.17, 15) is 0 Å². The number of hydrogen-bond donors (Lipinski definition) is 1. The van der Waals surface area contributed by atoms with Crippen LogP contribution in [0, 0.1) is 0 Å². The van der Waals surface area contributed by atoms with E-state index in [0.29, 0.717) is 6.54 Å². The Bertz CT molecular complexity index is 1180. The molecule has 0 aliphatic carbocycles. The summed E-state index contributed by atoms with van der Waals surface area (Å²) in [5.41, 5.74) is 3.38. The predicted octanol–water partition coefficient (Wildman–Crippen LogP) is 6.36. The Kier molecular flexibility index (Phi) is 7.53. The third-order valence-electron chi connectivity index (χ3n) is 5.82. The SMILES string of the molecule is Cl.Clc1ccc(CNc2cc(N3CCC(Oc4ccncc4)CC3)c3ccccc3n2)cc1. The number of aromatic nitrogens is 2. The number of pyridine rings is 2. The number of para-hydroxylation sites is 1. The second kappa shape index (κ2) is 10.7. The smallest absolute Gasteiger partial charge is 0.129 e. The van der Waals surface area contributed by atoms with Crippen LogP contribution in [0.5, 0.6) is 5.75 Å². The third-order valence-corrected chi connectivity index (χ3v) is 6.07. The lowest BCUT2D eigenvalue weighted by Crippen LogP contribution is -2.38. The van der Waals surface area contributed by atoms with Crippen molar-refractivity contribution >= 4 is 46.4 Å². The summed E-state index contributed by atoms with van der Waals surface area (Å²) in [7, 11) is 0. The lowest BCUT2D eigenvalue weighted by molar-refractivity contribution is 0.171. The molecule has 0 amide bonds. The van der Waals surface area contributed by atoms with Gasteiger partial charge in [-0.3, -0.25) is 4.98 Å². The number of fused-ring (bicyclic) bond motifs is 1. The monoisotopic (exact) mass is 480 g/mol. The molecule has 1 N–H and O–H groups in total. The number of nitrogens with zero attached hydrogens (tertiary/aromatic N) is 3. The number of anilines is 2. The summed E-state index contributed by atoms with van der Waals surface area (Å²) in [6.45, 7) is 2.59. The van der Waals surface area contributed by atoms with E-state index in [1.165, 1.54) is 16.6 Å². The van der Waals surface area contributed by atoms with Crippen LogP contribution in [0.1, 0.15) is 18.4 Å². The zero-order chi connectivity index (χ0) is 21.8. The summed E-state index contributed by atoms with van der Waals surface area (Å²) in [6, 6.07) is 22.2. The zero-order valence-electron chi connectivity index (χ0n) is 18.2. The molecule has 7 heteroatoms. The molecule has 1 fully saturated rings. The Morgan fingerprint density at radius 1 is 0.970 bits per heavy atom. The second-order valence-corrected chi connectivity index (χ2v) is 8.45. The maximum absolute atomic E-state index is 6.15. The van der Waals surface area contributed by atoms with Crippen molar-refractivity contribution in [2.24, 2.45) is 0 Å². The van der Waals surface area contributed by atoms with Gasteiger partial charge in [0.25, 0.3) is 0 Å². The molecule has 0 spiro atoms. The topological polar surface area (TPSA) is 50.3 Å². The van der Waals surface area contributed by atoms with Crippen molar-refractivity contribution in [3.05, 3.63) is 89.7 Å². The van der Waals surface area contributed by atoms with Crippen molar-refractivity contribution < 1.29 is 4.74 Å². The summed E-state index contributed by atoms with van der Waals surface area (Å²) in [5.74, 6) is 1.77. The van der Waals surface area contributed by atoms with Crippen LogP contribution in [0.4, 0.5) is 11.5 Å². The predicted molar refractivity (Wildman–Crippen MR) is 138 cm³/mol. The van der Waals surface area contributed by atoms with Crippen LogP contribution in [-0.2, 0) is 6.54 Å². The molecule has 0 bridgehead atoms. The molecule has 3 heterocycles. The first kappa shape index (κ1) is 23.1. The fraction of sp³-hybridized carbons (Fsp3) is 0.231. The van der Waals surface area contributed by atoms with Gasteiger partial charge in [-0.05, 0) is 35.9 Å². The van der Waals surface area contributed by atoms with Gasteiger partial charge < -0.3 is 15.0 Å². The average molecular weight is 481 g/mol. The van der Waals surface area contributed by atoms with Crippen molar-refractivity contribution in [3.63, 3.8) is 0 Å². The molecule has 5 rings (SSSR count). The maximum Gasteiger partial charge on any atom is 0.129 e. The van der Waals surface area contributed by atoms with E-state index >= 15 is 0 Å². The van der Waals surface area contributed by atoms with Gasteiger partial charge in [0.1, 0.15) is 17.7 Å². The maximum atomic E-state index is 6.15. The van der Waals surface area contributed by atoms with Crippen LogP contribution in [0.15, 0.2) is 79.1 Å². The minimum Gasteiger partial charge on any atom is -0.490 e. The van der Waals surface area contributed by atoms with Gasteiger partial charge in [-0.25, -0.2) is 4.98 Å². The standard InChI is InChI=1S/C26H25ClN4O.ClH/c27-20-7-5-19(6-8-20)18-29-26-17-25(23-3-1-2-4-24(23)30-26)31-15-11-22(12-16-31)32-21-9-13-28-14-10-21;/h1-10,13-14,17,22H,11-12,15-16,18H2,(H,29,30);1H. The van der Waals surface area contributed by atoms with E-state index in [1.807, 2.05) is 42.5 Å². The second-order valence-electron chi connectivity index (χ2n) is 8.01. The van der Waals surface area contributed by atoms with Gasteiger partial charge in [0, 0.05) is 67.0 Å². The molecule has 5 nitrogen and oxygen atoms in total. The fourth-order valence-corrected chi connectivity index (χ4v) is 4.25. The van der Waals surface area contributed by atoms with Gasteiger partial charge in [0.2, 0.25) is 0 Å². The normalized spacial score (nSPS) is 14.0. The lowest BCUT2D eigenvalue weighted by atomic mass is 10.1. The summed E-state index contributed by atoms with van der Waals surface area (Å²) >= 11 is 6.01. The summed E-state index contributed by atoms with van der Waals surface area (Å²) in [5, 5.41) is 5.41. The quantitative estimate of drug-likeness (QED) is 0.347. The van der Waals surface area contributed by atoms with Crippen molar-refractivity contribution in [3.8, 4) is 5.75 Å². The van der Waals surface area contributed by atoms with Gasteiger partial charge in [0.15, 0.2) is 0 Å². The number of benzene rings is 2. The Labute approximate surface area is 205 Å². The molecule has 0 unspecified atom stereocenters. The lowest BCUT2D eigenvalue weighted by Gasteiger charge is -2.34. The number of halogens is 2. The molecule has 2 aromatic carbocycles. The molecule has 1 aliphatic heterocycles. The Balaban J connectivity index is 0.00000259. The van der Waals surface area contributed by atoms with Crippen molar-refractivity contribution in [1.82, 2.24) is 9.97 Å². The van der Waals surface area contributed by atoms with Crippen LogP contribution in [0.2, 0.25) is 5.02 Å². The minimum atomic E-state index is 0. The molecule has 33 heavy (non-hydrogen) atoms. The largest absolute Gasteiger partial charge is 0.490 e. The van der Waals surface area contributed by atoms with Crippen LogP contribution in [0.25, 0.3) is 10.9 Å². The number of ether oxygens (including phenoxy) is 1. The third kappa shape index (κ3) is 5.67. The molecule has 4 aromatic rings. The number of rotatable bonds is 6. The molecule has 1 aliphatic rings. The highest BCUT2D eigenvalue weighted by Gasteiger charge is 2.22. The van der Waals surface area contributed by atoms with Crippen molar-refractivity contribution in [2.45, 2.75) is 25.5 Å². The van der Waals surface area contributed by atoms with E-state index in [4.69, 9.17) is 21.3 Å². The van der Waals surface area contributed by atoms with Gasteiger partial charge >= 0.3 is 0 Å². The van der Waals surface area contributed by atoms with Crippen LogP contribution in [0.3, 0.4) is 0 Å². The highest BCUT2D eigenvalue weighted by atomic mass is 35.5. The van der Waals surface area contributed by atoms with Crippen LogP contribution in [-0.4, -0.2) is 29.2 Å². The van der Waals surface area contributed by atoms with Crippen molar-refractivity contribution in [1.29, 1.82) is 0 Å². The van der Waals surface area contributed by atoms with Crippen LogP contribution < -0.4 is 15.0 Å². The number of piperidine rings is 1. The van der Waals surface area contributed by atoms with E-state index in [1.54, 1.807) is 12.4 Å². The molecule has 2 aromatic heterocycles. The summed E-state index contributed by atoms with van der Waals surface area (Å²) in [6.07, 6.45) is 5.72. The van der Waals surface area contributed by atoms with E-state index in [2.05, 4.69) is 39.5 Å². The molecule has 0 radical (unpaired) electrons. The van der Waals surface area contributed by atoms with Gasteiger partial charge in [-0.2, -0.15) is 0 Å². The van der Waals surface area contributed by atoms with Crippen LogP contribution >= 0.6 is 24.0 Å². The minimum absolute atomic E-state index is 0. The molecule has 1 saturated heterocycles. The molecule has 0 saturated carbocycles.